The largest absolute Gasteiger partial charge is 0.444 e. The molecule has 0 saturated heterocycles. The summed E-state index contributed by atoms with van der Waals surface area (Å²) in [6.07, 6.45) is 0.544. The van der Waals surface area contributed by atoms with Crippen molar-refractivity contribution in [3.05, 3.63) is 28.3 Å². The van der Waals surface area contributed by atoms with Gasteiger partial charge in [0.15, 0.2) is 0 Å². The van der Waals surface area contributed by atoms with E-state index in [1.165, 1.54) is 5.56 Å². The molecular weight excluding hydrogens is 276 g/mol. The van der Waals surface area contributed by atoms with Gasteiger partial charge in [-0.3, -0.25) is 0 Å². The van der Waals surface area contributed by atoms with Gasteiger partial charge in [-0.25, -0.2) is 4.79 Å². The van der Waals surface area contributed by atoms with E-state index >= 15 is 0 Å². The molecule has 4 nitrogen and oxygen atoms in total. The molecule has 1 N–H and O–H groups in total. The number of amides is 1. The summed E-state index contributed by atoms with van der Waals surface area (Å²) in [7, 11) is 1.84. The Balaban J connectivity index is 2.16. The lowest BCUT2D eigenvalue weighted by molar-refractivity contribution is 0.0224. The van der Waals surface area contributed by atoms with E-state index in [0.717, 1.165) is 22.7 Å². The van der Waals surface area contributed by atoms with Gasteiger partial charge >= 0.3 is 6.09 Å². The van der Waals surface area contributed by atoms with Crippen LogP contribution in [0.25, 0.3) is 0 Å². The van der Waals surface area contributed by atoms with E-state index in [1.54, 1.807) is 4.90 Å². The van der Waals surface area contributed by atoms with E-state index in [0.29, 0.717) is 13.1 Å². The van der Waals surface area contributed by atoms with Gasteiger partial charge in [0.25, 0.3) is 0 Å². The van der Waals surface area contributed by atoms with Crippen LogP contribution in [0.4, 0.5) is 10.5 Å². The molecular formula is C15H21ClN2O2. The second-order valence-electron chi connectivity index (χ2n) is 6.00. The molecule has 0 unspecified atom stereocenters. The highest BCUT2D eigenvalue weighted by molar-refractivity contribution is 6.33. The molecule has 20 heavy (non-hydrogen) atoms. The van der Waals surface area contributed by atoms with E-state index in [1.807, 2.05) is 40.0 Å². The van der Waals surface area contributed by atoms with Crippen LogP contribution in [0.2, 0.25) is 5.02 Å². The summed E-state index contributed by atoms with van der Waals surface area (Å²) >= 11 is 6.18. The van der Waals surface area contributed by atoms with Gasteiger partial charge in [0.1, 0.15) is 5.60 Å². The highest BCUT2D eigenvalue weighted by atomic mass is 35.5. The maximum atomic E-state index is 12.1. The third-order valence-electron chi connectivity index (χ3n) is 3.22. The molecule has 0 radical (unpaired) electrons. The van der Waals surface area contributed by atoms with E-state index < -0.39 is 5.60 Å². The molecule has 5 heteroatoms. The Hall–Kier alpha value is -1.42. The van der Waals surface area contributed by atoms with Crippen molar-refractivity contribution < 1.29 is 9.53 Å². The Labute approximate surface area is 125 Å². The zero-order chi connectivity index (χ0) is 14.9. The van der Waals surface area contributed by atoms with Crippen molar-refractivity contribution in [2.24, 2.45) is 0 Å². The van der Waals surface area contributed by atoms with Crippen LogP contribution in [0.5, 0.6) is 0 Å². The van der Waals surface area contributed by atoms with Crippen LogP contribution in [0.1, 0.15) is 31.9 Å². The molecule has 0 aromatic heterocycles. The first kappa shape index (κ1) is 15.0. The molecule has 1 aliphatic heterocycles. The van der Waals surface area contributed by atoms with Gasteiger partial charge in [0.05, 0.1) is 10.7 Å². The van der Waals surface area contributed by atoms with Crippen LogP contribution < -0.4 is 5.32 Å². The van der Waals surface area contributed by atoms with Crippen LogP contribution in [0.3, 0.4) is 0 Å². The maximum Gasteiger partial charge on any atom is 0.410 e. The standard InChI is InChI=1S/C15H21ClN2O2/c1-15(2,3)20-14(19)18-6-5-10-7-12(16)13(17-4)8-11(10)9-18/h7-8,17H,5-6,9H2,1-4H3. The quantitative estimate of drug-likeness (QED) is 0.859. The fourth-order valence-electron chi connectivity index (χ4n) is 2.25. The van der Waals surface area contributed by atoms with Crippen LogP contribution in [-0.2, 0) is 17.7 Å². The molecule has 0 spiro atoms. The number of rotatable bonds is 1. The molecule has 1 aromatic carbocycles. The number of hydrogen-bond donors (Lipinski definition) is 1. The molecule has 0 atom stereocenters. The summed E-state index contributed by atoms with van der Waals surface area (Å²) in [4.78, 5) is 13.8. The van der Waals surface area contributed by atoms with Crippen molar-refractivity contribution in [3.63, 3.8) is 0 Å². The number of nitrogens with zero attached hydrogens (tertiary/aromatic N) is 1. The Morgan fingerprint density at radius 2 is 2.05 bits per heavy atom. The van der Waals surface area contributed by atoms with Crippen molar-refractivity contribution in [2.75, 3.05) is 18.9 Å². The van der Waals surface area contributed by atoms with E-state index in [-0.39, 0.29) is 6.09 Å². The number of ether oxygens (including phenoxy) is 1. The number of hydrogen-bond acceptors (Lipinski definition) is 3. The van der Waals surface area contributed by atoms with Gasteiger partial charge in [-0.1, -0.05) is 11.6 Å². The number of nitrogens with one attached hydrogen (secondary N) is 1. The molecule has 2 rings (SSSR count). The van der Waals surface area contributed by atoms with Crippen molar-refractivity contribution in [1.29, 1.82) is 0 Å². The maximum absolute atomic E-state index is 12.1. The number of carbonyl (C=O) groups is 1. The monoisotopic (exact) mass is 296 g/mol. The molecule has 0 fully saturated rings. The van der Waals surface area contributed by atoms with Crippen molar-refractivity contribution in [3.8, 4) is 0 Å². The van der Waals surface area contributed by atoms with E-state index in [9.17, 15) is 4.79 Å². The number of anilines is 1. The summed E-state index contributed by atoms with van der Waals surface area (Å²) in [6.45, 7) is 6.86. The molecule has 1 aliphatic rings. The molecule has 1 aromatic rings. The predicted octanol–water partition coefficient (Wildman–Crippen LogP) is 3.67. The van der Waals surface area contributed by atoms with Crippen LogP contribution in [0.15, 0.2) is 12.1 Å². The van der Waals surface area contributed by atoms with Gasteiger partial charge in [0, 0.05) is 20.1 Å². The van der Waals surface area contributed by atoms with Gasteiger partial charge in [-0.2, -0.15) is 0 Å². The van der Waals surface area contributed by atoms with Crippen molar-refractivity contribution in [2.45, 2.75) is 39.3 Å². The highest BCUT2D eigenvalue weighted by Gasteiger charge is 2.26. The minimum atomic E-state index is -0.465. The summed E-state index contributed by atoms with van der Waals surface area (Å²) in [5.41, 5.74) is 2.74. The van der Waals surface area contributed by atoms with Gasteiger partial charge in [-0.15, -0.1) is 0 Å². The second-order valence-corrected chi connectivity index (χ2v) is 6.41. The second kappa shape index (κ2) is 5.52. The topological polar surface area (TPSA) is 41.6 Å². The lowest BCUT2D eigenvalue weighted by Crippen LogP contribution is -2.39. The molecule has 0 aliphatic carbocycles. The number of carbonyl (C=O) groups excluding carboxylic acids is 1. The fraction of sp³-hybridized carbons (Fsp3) is 0.533. The average Bonchev–Trinajstić information content (AvgIpc) is 2.35. The number of fused-ring (bicyclic) bond motifs is 1. The van der Waals surface area contributed by atoms with Crippen molar-refractivity contribution in [1.82, 2.24) is 4.90 Å². The normalized spacial score (nSPS) is 14.8. The molecule has 1 heterocycles. The van der Waals surface area contributed by atoms with E-state index in [4.69, 9.17) is 16.3 Å². The molecule has 0 bridgehead atoms. The Morgan fingerprint density at radius 3 is 2.65 bits per heavy atom. The third kappa shape index (κ3) is 3.37. The van der Waals surface area contributed by atoms with Crippen LogP contribution in [0, 0.1) is 0 Å². The highest BCUT2D eigenvalue weighted by Crippen LogP contribution is 2.30. The fourth-order valence-corrected chi connectivity index (χ4v) is 2.53. The first-order chi connectivity index (χ1) is 9.30. The number of halogens is 1. The first-order valence-electron chi connectivity index (χ1n) is 6.77. The molecule has 1 amide bonds. The summed E-state index contributed by atoms with van der Waals surface area (Å²) < 4.78 is 5.42. The minimum Gasteiger partial charge on any atom is -0.444 e. The van der Waals surface area contributed by atoms with E-state index in [2.05, 4.69) is 5.32 Å². The van der Waals surface area contributed by atoms with Crippen molar-refractivity contribution >= 4 is 23.4 Å². The SMILES string of the molecule is CNc1cc2c(cc1Cl)CCN(C(=O)OC(C)(C)C)C2. The summed E-state index contributed by atoms with van der Waals surface area (Å²) in [6, 6.07) is 3.99. The van der Waals surface area contributed by atoms with Crippen LogP contribution >= 0.6 is 11.6 Å². The Bertz CT molecular complexity index is 523. The molecule has 0 saturated carbocycles. The Morgan fingerprint density at radius 1 is 1.35 bits per heavy atom. The molecule has 110 valence electrons. The first-order valence-corrected chi connectivity index (χ1v) is 7.15. The Kier molecular flexibility index (Phi) is 4.14. The minimum absolute atomic E-state index is 0.260. The zero-order valence-electron chi connectivity index (χ0n) is 12.4. The van der Waals surface area contributed by atoms with Gasteiger partial charge in [-0.05, 0) is 50.5 Å². The van der Waals surface area contributed by atoms with Gasteiger partial charge < -0.3 is 15.0 Å². The zero-order valence-corrected chi connectivity index (χ0v) is 13.2. The average molecular weight is 297 g/mol. The lowest BCUT2D eigenvalue weighted by Gasteiger charge is -2.31. The predicted molar refractivity (Wildman–Crippen MR) is 81.3 cm³/mol. The summed E-state index contributed by atoms with van der Waals surface area (Å²) in [5.74, 6) is 0. The lowest BCUT2D eigenvalue weighted by atomic mass is 9.99. The summed E-state index contributed by atoms with van der Waals surface area (Å²) in [5, 5.41) is 3.78. The van der Waals surface area contributed by atoms with Crippen LogP contribution in [-0.4, -0.2) is 30.2 Å². The smallest absolute Gasteiger partial charge is 0.410 e. The number of benzene rings is 1. The van der Waals surface area contributed by atoms with Gasteiger partial charge in [0.2, 0.25) is 0 Å². The third-order valence-corrected chi connectivity index (χ3v) is 3.54.